The van der Waals surface area contributed by atoms with E-state index in [1.807, 2.05) is 11.9 Å². The number of nitrogens with two attached hydrogens (primary N) is 1. The second-order valence-corrected chi connectivity index (χ2v) is 4.02. The molecule has 3 N–H and O–H groups in total. The van der Waals surface area contributed by atoms with Crippen LogP contribution in [-0.4, -0.2) is 29.6 Å². The lowest BCUT2D eigenvalue weighted by atomic mass is 10.1. The summed E-state index contributed by atoms with van der Waals surface area (Å²) in [4.78, 5) is 19.8. The Hall–Kier alpha value is -1.36. The molecule has 0 amide bonds. The van der Waals surface area contributed by atoms with Crippen LogP contribution in [0.5, 0.6) is 0 Å². The van der Waals surface area contributed by atoms with Gasteiger partial charge < -0.3 is 15.6 Å². The molecule has 82 valence electrons. The van der Waals surface area contributed by atoms with Gasteiger partial charge in [0, 0.05) is 25.7 Å². The summed E-state index contributed by atoms with van der Waals surface area (Å²) in [6, 6.07) is 1.81. The van der Waals surface area contributed by atoms with Gasteiger partial charge in [-0.05, 0) is 18.8 Å². The highest BCUT2D eigenvalue weighted by Crippen LogP contribution is 2.35. The molecule has 5 nitrogen and oxygen atoms in total. The van der Waals surface area contributed by atoms with Crippen molar-refractivity contribution in [1.82, 2.24) is 9.97 Å². The SMILES string of the molecule is CN(c1cc(=O)[nH]cn1)C(CN)C1CC1. The summed E-state index contributed by atoms with van der Waals surface area (Å²) in [7, 11) is 1.94. The maximum atomic E-state index is 11.1. The van der Waals surface area contributed by atoms with E-state index in [0.717, 1.165) is 0 Å². The van der Waals surface area contributed by atoms with Crippen LogP contribution >= 0.6 is 0 Å². The fraction of sp³-hybridized carbons (Fsp3) is 0.600. The van der Waals surface area contributed by atoms with Crippen LogP contribution in [0.1, 0.15) is 12.8 Å². The number of H-pyrrole nitrogens is 1. The van der Waals surface area contributed by atoms with Crippen molar-refractivity contribution in [2.45, 2.75) is 18.9 Å². The van der Waals surface area contributed by atoms with Gasteiger partial charge in [-0.25, -0.2) is 4.98 Å². The zero-order chi connectivity index (χ0) is 10.8. The smallest absolute Gasteiger partial charge is 0.252 e. The third kappa shape index (κ3) is 2.18. The second kappa shape index (κ2) is 4.02. The van der Waals surface area contributed by atoms with Crippen molar-refractivity contribution in [2.24, 2.45) is 11.7 Å². The van der Waals surface area contributed by atoms with E-state index < -0.39 is 0 Å². The van der Waals surface area contributed by atoms with E-state index >= 15 is 0 Å². The molecule has 1 saturated carbocycles. The summed E-state index contributed by atoms with van der Waals surface area (Å²) in [6.07, 6.45) is 3.89. The first-order chi connectivity index (χ1) is 7.22. The Kier molecular flexibility index (Phi) is 2.73. The van der Waals surface area contributed by atoms with E-state index in [9.17, 15) is 4.79 Å². The fourth-order valence-corrected chi connectivity index (χ4v) is 1.87. The Balaban J connectivity index is 2.18. The minimum Gasteiger partial charge on any atom is -0.355 e. The van der Waals surface area contributed by atoms with Gasteiger partial charge in [-0.3, -0.25) is 4.79 Å². The molecule has 0 aromatic carbocycles. The molecule has 2 rings (SSSR count). The summed E-state index contributed by atoms with van der Waals surface area (Å²) in [5.41, 5.74) is 5.61. The van der Waals surface area contributed by atoms with Crippen LogP contribution in [0.3, 0.4) is 0 Å². The van der Waals surface area contributed by atoms with Crippen LogP contribution in [0.25, 0.3) is 0 Å². The van der Waals surface area contributed by atoms with Gasteiger partial charge in [-0.15, -0.1) is 0 Å². The molecular formula is C10H16N4O. The van der Waals surface area contributed by atoms with Crippen LogP contribution in [0.2, 0.25) is 0 Å². The van der Waals surface area contributed by atoms with Crippen molar-refractivity contribution in [2.75, 3.05) is 18.5 Å². The van der Waals surface area contributed by atoms with Gasteiger partial charge in [0.1, 0.15) is 5.82 Å². The minimum absolute atomic E-state index is 0.126. The highest BCUT2D eigenvalue weighted by atomic mass is 16.1. The Labute approximate surface area is 88.3 Å². The van der Waals surface area contributed by atoms with E-state index in [2.05, 4.69) is 9.97 Å². The lowest BCUT2D eigenvalue weighted by Crippen LogP contribution is -2.40. The lowest BCUT2D eigenvalue weighted by Gasteiger charge is -2.27. The highest BCUT2D eigenvalue weighted by Gasteiger charge is 2.33. The average Bonchev–Trinajstić information content (AvgIpc) is 3.03. The first kappa shape index (κ1) is 10.2. The summed E-state index contributed by atoms with van der Waals surface area (Å²) < 4.78 is 0. The molecule has 0 radical (unpaired) electrons. The van der Waals surface area contributed by atoms with Crippen LogP contribution in [0, 0.1) is 5.92 Å². The number of rotatable bonds is 4. The molecule has 1 atom stereocenters. The molecule has 1 aromatic rings. The number of aromatic nitrogens is 2. The van der Waals surface area contributed by atoms with Gasteiger partial charge in [0.2, 0.25) is 0 Å². The number of nitrogens with one attached hydrogen (secondary N) is 1. The molecular weight excluding hydrogens is 192 g/mol. The fourth-order valence-electron chi connectivity index (χ4n) is 1.87. The highest BCUT2D eigenvalue weighted by molar-refractivity contribution is 5.37. The van der Waals surface area contributed by atoms with Crippen LogP contribution in [0.4, 0.5) is 5.82 Å². The molecule has 0 saturated heterocycles. The summed E-state index contributed by atoms with van der Waals surface area (Å²) in [6.45, 7) is 0.607. The molecule has 1 heterocycles. The molecule has 5 heteroatoms. The summed E-state index contributed by atoms with van der Waals surface area (Å²) in [5, 5.41) is 0. The molecule has 1 aliphatic rings. The lowest BCUT2D eigenvalue weighted by molar-refractivity contribution is 0.565. The molecule has 15 heavy (non-hydrogen) atoms. The quantitative estimate of drug-likeness (QED) is 0.727. The van der Waals surface area contributed by atoms with E-state index in [1.54, 1.807) is 0 Å². The molecule has 0 bridgehead atoms. The van der Waals surface area contributed by atoms with Gasteiger partial charge in [0.25, 0.3) is 5.56 Å². The summed E-state index contributed by atoms with van der Waals surface area (Å²) >= 11 is 0. The average molecular weight is 208 g/mol. The molecule has 1 fully saturated rings. The summed E-state index contributed by atoms with van der Waals surface area (Å²) in [5.74, 6) is 1.36. The molecule has 0 aliphatic heterocycles. The van der Waals surface area contributed by atoms with Crippen molar-refractivity contribution in [3.8, 4) is 0 Å². The van der Waals surface area contributed by atoms with Gasteiger partial charge in [-0.2, -0.15) is 0 Å². The van der Waals surface area contributed by atoms with Crippen LogP contribution in [-0.2, 0) is 0 Å². The van der Waals surface area contributed by atoms with Crippen molar-refractivity contribution in [3.63, 3.8) is 0 Å². The Bertz CT molecular complexity index is 385. The normalized spacial score (nSPS) is 17.5. The third-order valence-corrected chi connectivity index (χ3v) is 2.93. The topological polar surface area (TPSA) is 75.0 Å². The maximum Gasteiger partial charge on any atom is 0.252 e. The zero-order valence-corrected chi connectivity index (χ0v) is 8.81. The molecule has 0 spiro atoms. The molecule has 1 aliphatic carbocycles. The Morgan fingerprint density at radius 2 is 2.47 bits per heavy atom. The van der Waals surface area contributed by atoms with Gasteiger partial charge in [0.05, 0.1) is 6.33 Å². The number of nitrogens with zero attached hydrogens (tertiary/aromatic N) is 2. The van der Waals surface area contributed by atoms with E-state index in [-0.39, 0.29) is 5.56 Å². The van der Waals surface area contributed by atoms with Crippen LogP contribution < -0.4 is 16.2 Å². The first-order valence-corrected chi connectivity index (χ1v) is 5.20. The van der Waals surface area contributed by atoms with Crippen molar-refractivity contribution >= 4 is 5.82 Å². The number of likely N-dealkylation sites (N-methyl/N-ethyl adjacent to an activating group) is 1. The van der Waals surface area contributed by atoms with Gasteiger partial charge in [-0.1, -0.05) is 0 Å². The van der Waals surface area contributed by atoms with Crippen molar-refractivity contribution in [1.29, 1.82) is 0 Å². The van der Waals surface area contributed by atoms with Gasteiger partial charge >= 0.3 is 0 Å². The predicted octanol–water partition coefficient (Wildman–Crippen LogP) is -0.0566. The van der Waals surface area contributed by atoms with Crippen LogP contribution in [0.15, 0.2) is 17.2 Å². The Morgan fingerprint density at radius 3 is 3.00 bits per heavy atom. The van der Waals surface area contributed by atoms with Crippen molar-refractivity contribution in [3.05, 3.63) is 22.7 Å². The number of hydrogen-bond acceptors (Lipinski definition) is 4. The largest absolute Gasteiger partial charge is 0.355 e. The van der Waals surface area contributed by atoms with Gasteiger partial charge in [0.15, 0.2) is 0 Å². The Morgan fingerprint density at radius 1 is 1.73 bits per heavy atom. The zero-order valence-electron chi connectivity index (χ0n) is 8.81. The predicted molar refractivity (Wildman–Crippen MR) is 58.8 cm³/mol. The molecule has 1 unspecified atom stereocenters. The minimum atomic E-state index is -0.126. The maximum absolute atomic E-state index is 11.1. The van der Waals surface area contributed by atoms with E-state index in [0.29, 0.717) is 24.3 Å². The first-order valence-electron chi connectivity index (χ1n) is 5.20. The monoisotopic (exact) mass is 208 g/mol. The van der Waals surface area contributed by atoms with E-state index in [4.69, 9.17) is 5.73 Å². The van der Waals surface area contributed by atoms with E-state index in [1.165, 1.54) is 25.2 Å². The van der Waals surface area contributed by atoms with Crippen molar-refractivity contribution < 1.29 is 0 Å². The number of hydrogen-bond donors (Lipinski definition) is 2. The standard InChI is InChI=1S/C10H16N4O/c1-14(8(5-11)7-2-3-7)9-4-10(15)13-6-12-9/h4,6-8H,2-3,5,11H2,1H3,(H,12,13,15). The third-order valence-electron chi connectivity index (χ3n) is 2.93. The number of aromatic amines is 1. The molecule has 1 aromatic heterocycles. The number of anilines is 1. The second-order valence-electron chi connectivity index (χ2n) is 4.02.